The molecule has 0 aliphatic rings. The van der Waals surface area contributed by atoms with E-state index in [2.05, 4.69) is 12.2 Å². The Morgan fingerprint density at radius 3 is 1.45 bits per heavy atom. The largest absolute Gasteiger partial charge is 0.466 e. The molecule has 0 aromatic rings. The van der Waals surface area contributed by atoms with Gasteiger partial charge in [0.25, 0.3) is 0 Å². The summed E-state index contributed by atoms with van der Waals surface area (Å²) in [6.07, 6.45) is 16.3. The number of rotatable bonds is 33. The summed E-state index contributed by atoms with van der Waals surface area (Å²) in [6, 6.07) is -1.03. The highest BCUT2D eigenvalue weighted by molar-refractivity contribution is 5.82. The zero-order chi connectivity index (χ0) is 36.4. The highest BCUT2D eigenvalue weighted by Crippen LogP contribution is 2.10. The van der Waals surface area contributed by atoms with E-state index >= 15 is 0 Å². The molecule has 286 valence electrons. The molecule has 0 aromatic carbocycles. The van der Waals surface area contributed by atoms with Gasteiger partial charge in [0.15, 0.2) is 0 Å². The summed E-state index contributed by atoms with van der Waals surface area (Å²) in [5, 5.41) is 2.53. The van der Waals surface area contributed by atoms with Crippen molar-refractivity contribution in [2.75, 3.05) is 53.7 Å². The van der Waals surface area contributed by atoms with E-state index in [0.29, 0.717) is 45.4 Å². The van der Waals surface area contributed by atoms with Crippen molar-refractivity contribution in [2.24, 2.45) is 0 Å². The highest BCUT2D eigenvalue weighted by Gasteiger charge is 2.24. The van der Waals surface area contributed by atoms with E-state index in [1.807, 2.05) is 25.9 Å². The number of ether oxygens (including phenoxy) is 5. The number of carbonyl (C=O) groups is 5. The number of carbonyl (C=O) groups excluding carboxylic acids is 5. The minimum atomic E-state index is -1.03. The molecule has 1 N–H and O–H groups in total. The van der Waals surface area contributed by atoms with Gasteiger partial charge in [0, 0.05) is 25.8 Å². The standard InChI is InChI=1S/C37H68N2O10/c1-5-7-8-9-12-17-23-34(41)46-28-19-15-11-16-21-30-48-36(43)32(38-37(44)49-31-26-39(3)4)24-25-35(42)47-29-20-14-10-13-18-27-45-33(40)22-6-2/h32H,5-31H2,1-4H3,(H,38,44). The Bertz CT molecular complexity index is 868. The van der Waals surface area contributed by atoms with Crippen molar-refractivity contribution >= 4 is 30.0 Å². The SMILES string of the molecule is CCCCCCCCC(=O)OCCCCCCCOC(=O)C(CCC(=O)OCCCCCCCOC(=O)CCC)NC(=O)OCCN(C)C. The van der Waals surface area contributed by atoms with Crippen molar-refractivity contribution in [1.82, 2.24) is 10.2 Å². The third-order valence-electron chi connectivity index (χ3n) is 7.78. The van der Waals surface area contributed by atoms with Crippen LogP contribution in [0.3, 0.4) is 0 Å². The van der Waals surface area contributed by atoms with Gasteiger partial charge in [-0.05, 0) is 59.0 Å². The monoisotopic (exact) mass is 700 g/mol. The maximum atomic E-state index is 12.8. The van der Waals surface area contributed by atoms with Gasteiger partial charge in [-0.1, -0.05) is 84.5 Å². The van der Waals surface area contributed by atoms with Crippen LogP contribution in [0, 0.1) is 0 Å². The van der Waals surface area contributed by atoms with Gasteiger partial charge in [0.1, 0.15) is 12.6 Å². The maximum absolute atomic E-state index is 12.8. The maximum Gasteiger partial charge on any atom is 0.407 e. The normalized spacial score (nSPS) is 11.5. The predicted molar refractivity (Wildman–Crippen MR) is 189 cm³/mol. The Hall–Kier alpha value is -2.89. The van der Waals surface area contributed by atoms with Crippen molar-refractivity contribution in [2.45, 2.75) is 155 Å². The Kier molecular flexibility index (Phi) is 31.6. The summed E-state index contributed by atoms with van der Waals surface area (Å²) in [4.78, 5) is 62.5. The van der Waals surface area contributed by atoms with Crippen LogP contribution >= 0.6 is 0 Å². The molecule has 0 spiro atoms. The van der Waals surface area contributed by atoms with Crippen molar-refractivity contribution in [3.05, 3.63) is 0 Å². The molecule has 1 atom stereocenters. The number of nitrogens with one attached hydrogen (secondary N) is 1. The third-order valence-corrected chi connectivity index (χ3v) is 7.78. The lowest BCUT2D eigenvalue weighted by Gasteiger charge is -2.18. The fourth-order valence-corrected chi connectivity index (χ4v) is 4.79. The molecule has 12 heteroatoms. The number of unbranched alkanes of at least 4 members (excludes halogenated alkanes) is 13. The first kappa shape index (κ1) is 46.1. The Labute approximate surface area is 296 Å². The van der Waals surface area contributed by atoms with Crippen LogP contribution in [0.5, 0.6) is 0 Å². The van der Waals surface area contributed by atoms with Crippen LogP contribution in [0.25, 0.3) is 0 Å². The van der Waals surface area contributed by atoms with Crippen LogP contribution in [0.4, 0.5) is 4.79 Å². The molecular weight excluding hydrogens is 632 g/mol. The second kappa shape index (κ2) is 33.6. The van der Waals surface area contributed by atoms with E-state index in [4.69, 9.17) is 23.7 Å². The minimum absolute atomic E-state index is 0.0365. The van der Waals surface area contributed by atoms with Gasteiger partial charge >= 0.3 is 30.0 Å². The van der Waals surface area contributed by atoms with E-state index in [0.717, 1.165) is 70.6 Å². The Morgan fingerprint density at radius 2 is 0.939 bits per heavy atom. The number of alkyl carbamates (subject to hydrolysis) is 1. The summed E-state index contributed by atoms with van der Waals surface area (Å²) in [6.45, 7) is 6.17. The number of likely N-dealkylation sites (N-methyl/N-ethyl adjacent to an activating group) is 1. The van der Waals surface area contributed by atoms with Gasteiger partial charge in [0.05, 0.1) is 26.4 Å². The van der Waals surface area contributed by atoms with Gasteiger partial charge in [-0.2, -0.15) is 0 Å². The van der Waals surface area contributed by atoms with E-state index in [9.17, 15) is 24.0 Å². The second-order valence-electron chi connectivity index (χ2n) is 12.8. The summed E-state index contributed by atoms with van der Waals surface area (Å²) in [5.41, 5.74) is 0. The second-order valence-corrected chi connectivity index (χ2v) is 12.8. The third kappa shape index (κ3) is 32.1. The highest BCUT2D eigenvalue weighted by atomic mass is 16.6. The van der Waals surface area contributed by atoms with Gasteiger partial charge in [-0.3, -0.25) is 14.4 Å². The topological polar surface area (TPSA) is 147 Å². The molecule has 49 heavy (non-hydrogen) atoms. The molecule has 0 heterocycles. The first-order chi connectivity index (χ1) is 23.7. The number of hydrogen-bond acceptors (Lipinski definition) is 11. The molecule has 1 unspecified atom stereocenters. The van der Waals surface area contributed by atoms with Gasteiger partial charge < -0.3 is 33.9 Å². The predicted octanol–water partition coefficient (Wildman–Crippen LogP) is 7.05. The van der Waals surface area contributed by atoms with Crippen LogP contribution in [0.1, 0.15) is 149 Å². The quantitative estimate of drug-likeness (QED) is 0.0427. The first-order valence-corrected chi connectivity index (χ1v) is 18.9. The molecule has 0 aromatic heterocycles. The van der Waals surface area contributed by atoms with Crippen LogP contribution < -0.4 is 5.32 Å². The van der Waals surface area contributed by atoms with Crippen LogP contribution in [0.15, 0.2) is 0 Å². The minimum Gasteiger partial charge on any atom is -0.466 e. The van der Waals surface area contributed by atoms with Crippen LogP contribution in [-0.2, 0) is 42.9 Å². The molecule has 0 fully saturated rings. The Balaban J connectivity index is 4.24. The average molecular weight is 701 g/mol. The van der Waals surface area contributed by atoms with E-state index in [1.54, 1.807) is 0 Å². The Morgan fingerprint density at radius 1 is 0.490 bits per heavy atom. The summed E-state index contributed by atoms with van der Waals surface area (Å²) >= 11 is 0. The molecule has 0 saturated carbocycles. The van der Waals surface area contributed by atoms with Gasteiger partial charge in [-0.15, -0.1) is 0 Å². The van der Waals surface area contributed by atoms with Crippen molar-refractivity contribution in [3.8, 4) is 0 Å². The lowest BCUT2D eigenvalue weighted by atomic mass is 10.1. The average Bonchev–Trinajstić information content (AvgIpc) is 3.06. The van der Waals surface area contributed by atoms with Gasteiger partial charge in [0.2, 0.25) is 0 Å². The molecular formula is C37H68N2O10. The summed E-state index contributed by atoms with van der Waals surface area (Å²) in [5.74, 6) is -1.34. The first-order valence-electron chi connectivity index (χ1n) is 18.9. The molecule has 12 nitrogen and oxygen atoms in total. The van der Waals surface area contributed by atoms with Crippen molar-refractivity contribution in [1.29, 1.82) is 0 Å². The fraction of sp³-hybridized carbons (Fsp3) is 0.865. The molecule has 0 radical (unpaired) electrons. The van der Waals surface area contributed by atoms with E-state index in [-0.39, 0.29) is 44.6 Å². The lowest BCUT2D eigenvalue weighted by molar-refractivity contribution is -0.148. The smallest absolute Gasteiger partial charge is 0.407 e. The molecule has 0 aliphatic carbocycles. The zero-order valence-electron chi connectivity index (χ0n) is 31.2. The lowest BCUT2D eigenvalue weighted by Crippen LogP contribution is -2.43. The molecule has 1 amide bonds. The van der Waals surface area contributed by atoms with Crippen LogP contribution in [0.2, 0.25) is 0 Å². The van der Waals surface area contributed by atoms with Gasteiger partial charge in [-0.25, -0.2) is 9.59 Å². The van der Waals surface area contributed by atoms with E-state index in [1.165, 1.54) is 25.7 Å². The number of hydrogen-bond donors (Lipinski definition) is 1. The molecule has 0 saturated heterocycles. The van der Waals surface area contributed by atoms with Crippen molar-refractivity contribution in [3.63, 3.8) is 0 Å². The van der Waals surface area contributed by atoms with Crippen molar-refractivity contribution < 1.29 is 47.7 Å². The molecule has 0 bridgehead atoms. The molecule has 0 rings (SSSR count). The fourth-order valence-electron chi connectivity index (χ4n) is 4.79. The van der Waals surface area contributed by atoms with Crippen LogP contribution in [-0.4, -0.2) is 94.6 Å². The van der Waals surface area contributed by atoms with E-state index < -0.39 is 24.1 Å². The summed E-state index contributed by atoms with van der Waals surface area (Å²) in [7, 11) is 3.71. The molecule has 0 aliphatic heterocycles. The number of nitrogens with zero attached hydrogens (tertiary/aromatic N) is 1. The number of amides is 1. The summed E-state index contributed by atoms with van der Waals surface area (Å²) < 4.78 is 26.4. The number of esters is 4. The zero-order valence-corrected chi connectivity index (χ0v) is 31.2.